The number of hydrogen-bond acceptors (Lipinski definition) is 5. The normalized spacial score (nSPS) is 20.1. The summed E-state index contributed by atoms with van der Waals surface area (Å²) >= 11 is 0. The second-order valence-corrected chi connectivity index (χ2v) is 9.10. The fourth-order valence-electron chi connectivity index (χ4n) is 2.50. The molecular weight excluding hydrogens is 310 g/mol. The van der Waals surface area contributed by atoms with Crippen LogP contribution in [0.2, 0.25) is 0 Å². The molecule has 5 nitrogen and oxygen atoms in total. The van der Waals surface area contributed by atoms with Crippen LogP contribution in [0, 0.1) is 6.92 Å². The second kappa shape index (κ2) is 4.64. The Bertz CT molecular complexity index is 903. The number of nitrogens with zero attached hydrogens (tertiary/aromatic N) is 1. The Morgan fingerprint density at radius 2 is 1.95 bits per heavy atom. The van der Waals surface area contributed by atoms with Gasteiger partial charge in [-0.25, -0.2) is 21.8 Å². The summed E-state index contributed by atoms with van der Waals surface area (Å²) in [6.07, 6.45) is 1.38. The summed E-state index contributed by atoms with van der Waals surface area (Å²) in [5.74, 6) is -0.426. The molecule has 7 heteroatoms. The van der Waals surface area contributed by atoms with E-state index in [1.807, 2.05) is 0 Å². The molecular formula is C14H13NO4S2. The van der Waals surface area contributed by atoms with Gasteiger partial charge in [-0.2, -0.15) is 0 Å². The molecule has 1 aliphatic rings. The fraction of sp³-hybridized carbons (Fsp3) is 0.214. The van der Waals surface area contributed by atoms with Gasteiger partial charge in [0.1, 0.15) is 5.25 Å². The van der Waals surface area contributed by atoms with Gasteiger partial charge in [0.05, 0.1) is 10.6 Å². The van der Waals surface area contributed by atoms with Crippen LogP contribution in [0.4, 0.5) is 0 Å². The monoisotopic (exact) mass is 323 g/mol. The van der Waals surface area contributed by atoms with Crippen LogP contribution in [0.15, 0.2) is 52.5 Å². The molecule has 1 aromatic heterocycles. The Morgan fingerprint density at radius 3 is 2.62 bits per heavy atom. The minimum Gasteiger partial charge on any atom is -0.245 e. The maximum Gasteiger partial charge on any atom is 0.203 e. The van der Waals surface area contributed by atoms with E-state index >= 15 is 0 Å². The van der Waals surface area contributed by atoms with E-state index in [1.165, 1.54) is 18.3 Å². The van der Waals surface area contributed by atoms with Crippen molar-refractivity contribution < 1.29 is 16.8 Å². The van der Waals surface area contributed by atoms with Crippen LogP contribution in [0.25, 0.3) is 0 Å². The number of aryl methyl sites for hydroxylation is 1. The van der Waals surface area contributed by atoms with Crippen LogP contribution in [-0.2, 0) is 19.7 Å². The van der Waals surface area contributed by atoms with Crippen molar-refractivity contribution in [1.29, 1.82) is 0 Å². The fourth-order valence-corrected chi connectivity index (χ4v) is 6.72. The van der Waals surface area contributed by atoms with Crippen molar-refractivity contribution in [3.8, 4) is 0 Å². The first-order chi connectivity index (χ1) is 9.82. The quantitative estimate of drug-likeness (QED) is 0.840. The lowest BCUT2D eigenvalue weighted by Crippen LogP contribution is -2.16. The maximum atomic E-state index is 12.7. The molecule has 1 aliphatic heterocycles. The Labute approximate surface area is 123 Å². The van der Waals surface area contributed by atoms with Crippen molar-refractivity contribution in [3.05, 3.63) is 53.7 Å². The van der Waals surface area contributed by atoms with Crippen molar-refractivity contribution in [2.24, 2.45) is 0 Å². The van der Waals surface area contributed by atoms with E-state index in [1.54, 1.807) is 31.2 Å². The predicted octanol–water partition coefficient (Wildman–Crippen LogP) is 1.69. The standard InChI is InChI=1S/C14H13NO4S2/c1-10-5-6-12-11(8-10)13(9-20(12,16)17)21(18,19)14-4-2-3-7-15-14/h2-8,13H,9H2,1H3. The summed E-state index contributed by atoms with van der Waals surface area (Å²) in [5.41, 5.74) is 1.17. The molecule has 0 N–H and O–H groups in total. The van der Waals surface area contributed by atoms with Crippen LogP contribution in [0.5, 0.6) is 0 Å². The Kier molecular flexibility index (Phi) is 3.14. The summed E-state index contributed by atoms with van der Waals surface area (Å²) < 4.78 is 49.7. The molecule has 1 aromatic carbocycles. The van der Waals surface area contributed by atoms with Gasteiger partial charge in [-0.05, 0) is 30.7 Å². The van der Waals surface area contributed by atoms with Crippen LogP contribution in [0.3, 0.4) is 0 Å². The SMILES string of the molecule is Cc1ccc2c(c1)C(S(=O)(=O)c1ccccn1)CS2(=O)=O. The average Bonchev–Trinajstić information content (AvgIpc) is 2.71. The van der Waals surface area contributed by atoms with Crippen LogP contribution in [-0.4, -0.2) is 27.6 Å². The highest BCUT2D eigenvalue weighted by atomic mass is 32.2. The first-order valence-corrected chi connectivity index (χ1v) is 9.50. The third kappa shape index (κ3) is 2.26. The lowest BCUT2D eigenvalue weighted by Gasteiger charge is -2.11. The Balaban J connectivity index is 2.21. The topological polar surface area (TPSA) is 81.2 Å². The molecule has 2 heterocycles. The molecule has 0 bridgehead atoms. The number of hydrogen-bond donors (Lipinski definition) is 0. The highest BCUT2D eigenvalue weighted by Gasteiger charge is 2.43. The number of pyridine rings is 1. The molecule has 0 spiro atoms. The van der Waals surface area contributed by atoms with Crippen LogP contribution in [0.1, 0.15) is 16.4 Å². The van der Waals surface area contributed by atoms with Gasteiger partial charge < -0.3 is 0 Å². The molecule has 1 atom stereocenters. The van der Waals surface area contributed by atoms with Crippen LogP contribution < -0.4 is 0 Å². The predicted molar refractivity (Wildman–Crippen MR) is 77.4 cm³/mol. The number of sulfone groups is 2. The zero-order valence-corrected chi connectivity index (χ0v) is 12.9. The third-order valence-electron chi connectivity index (χ3n) is 3.52. The smallest absolute Gasteiger partial charge is 0.203 e. The van der Waals surface area contributed by atoms with E-state index in [4.69, 9.17) is 0 Å². The molecule has 2 aromatic rings. The minimum absolute atomic E-state index is 0.0976. The van der Waals surface area contributed by atoms with E-state index in [0.29, 0.717) is 5.56 Å². The number of rotatable bonds is 2. The van der Waals surface area contributed by atoms with E-state index in [9.17, 15) is 16.8 Å². The van der Waals surface area contributed by atoms with Crippen molar-refractivity contribution in [1.82, 2.24) is 4.98 Å². The summed E-state index contributed by atoms with van der Waals surface area (Å²) in [6, 6.07) is 9.35. The van der Waals surface area contributed by atoms with E-state index in [0.717, 1.165) is 5.56 Å². The Morgan fingerprint density at radius 1 is 1.19 bits per heavy atom. The molecule has 110 valence electrons. The van der Waals surface area contributed by atoms with Crippen molar-refractivity contribution in [2.45, 2.75) is 22.1 Å². The highest BCUT2D eigenvalue weighted by Crippen LogP contribution is 2.40. The van der Waals surface area contributed by atoms with Gasteiger partial charge in [0, 0.05) is 6.20 Å². The maximum absolute atomic E-state index is 12.7. The van der Waals surface area contributed by atoms with Crippen molar-refractivity contribution >= 4 is 19.7 Å². The van der Waals surface area contributed by atoms with Gasteiger partial charge in [0.25, 0.3) is 0 Å². The first-order valence-electron chi connectivity index (χ1n) is 6.30. The van der Waals surface area contributed by atoms with Crippen LogP contribution >= 0.6 is 0 Å². The summed E-state index contributed by atoms with van der Waals surface area (Å²) in [5, 5.41) is -1.19. The Hall–Kier alpha value is -1.73. The largest absolute Gasteiger partial charge is 0.245 e. The zero-order chi connectivity index (χ0) is 15.3. The second-order valence-electron chi connectivity index (χ2n) is 5.02. The average molecular weight is 323 g/mol. The number of benzene rings is 1. The summed E-state index contributed by atoms with van der Waals surface area (Å²) in [6.45, 7) is 1.80. The molecule has 0 aliphatic carbocycles. The number of aromatic nitrogens is 1. The van der Waals surface area contributed by atoms with Crippen molar-refractivity contribution in [2.75, 3.05) is 5.75 Å². The molecule has 21 heavy (non-hydrogen) atoms. The van der Waals surface area contributed by atoms with Gasteiger partial charge in [0.15, 0.2) is 14.9 Å². The van der Waals surface area contributed by atoms with Gasteiger partial charge >= 0.3 is 0 Å². The first kappa shape index (κ1) is 14.2. The van der Waals surface area contributed by atoms with Gasteiger partial charge in [-0.3, -0.25) is 0 Å². The molecule has 1 unspecified atom stereocenters. The van der Waals surface area contributed by atoms with E-state index < -0.39 is 30.7 Å². The molecule has 0 radical (unpaired) electrons. The number of fused-ring (bicyclic) bond motifs is 1. The lowest BCUT2D eigenvalue weighted by atomic mass is 10.1. The van der Waals surface area contributed by atoms with Gasteiger partial charge in [-0.1, -0.05) is 23.8 Å². The van der Waals surface area contributed by atoms with Gasteiger partial charge in [-0.15, -0.1) is 0 Å². The van der Waals surface area contributed by atoms with E-state index in [-0.39, 0.29) is 9.92 Å². The molecule has 0 fully saturated rings. The summed E-state index contributed by atoms with van der Waals surface area (Å²) in [4.78, 5) is 3.96. The third-order valence-corrected chi connectivity index (χ3v) is 7.54. The zero-order valence-electron chi connectivity index (χ0n) is 11.2. The minimum atomic E-state index is -3.83. The molecule has 0 amide bonds. The van der Waals surface area contributed by atoms with Crippen molar-refractivity contribution in [3.63, 3.8) is 0 Å². The van der Waals surface area contributed by atoms with E-state index in [2.05, 4.69) is 4.98 Å². The highest BCUT2D eigenvalue weighted by molar-refractivity contribution is 7.96. The lowest BCUT2D eigenvalue weighted by molar-refractivity contribution is 0.579. The molecule has 0 saturated carbocycles. The summed E-state index contributed by atoms with van der Waals surface area (Å²) in [7, 11) is -7.40. The molecule has 0 saturated heterocycles. The molecule has 3 rings (SSSR count). The van der Waals surface area contributed by atoms with Gasteiger partial charge in [0.2, 0.25) is 9.84 Å².